The van der Waals surface area contributed by atoms with E-state index in [1.807, 2.05) is 30.3 Å². The van der Waals surface area contributed by atoms with Crippen LogP contribution in [0.25, 0.3) is 0 Å². The summed E-state index contributed by atoms with van der Waals surface area (Å²) in [6.07, 6.45) is 2.27. The minimum absolute atomic E-state index is 0.0636. The summed E-state index contributed by atoms with van der Waals surface area (Å²) in [4.78, 5) is 30.4. The van der Waals surface area contributed by atoms with Gasteiger partial charge in [-0.1, -0.05) is 42.5 Å². The fraction of sp³-hybridized carbons (Fsp3) is 0.208. The first-order chi connectivity index (χ1) is 15.4. The summed E-state index contributed by atoms with van der Waals surface area (Å²) in [6.45, 7) is 0.996. The van der Waals surface area contributed by atoms with Gasteiger partial charge in [-0.2, -0.15) is 4.31 Å². The molecule has 1 atom stereocenters. The predicted molar refractivity (Wildman–Crippen MR) is 117 cm³/mol. The van der Waals surface area contributed by atoms with Crippen LogP contribution in [0.1, 0.15) is 44.3 Å². The minimum atomic E-state index is -3.61. The number of hydrogen-bond donors (Lipinski definition) is 0. The summed E-state index contributed by atoms with van der Waals surface area (Å²) < 4.78 is 27.8. The number of hydrogen-bond acceptors (Lipinski definition) is 5. The van der Waals surface area contributed by atoms with Crippen molar-refractivity contribution in [3.8, 4) is 0 Å². The molecule has 1 aromatic heterocycles. The molecule has 3 heterocycles. The van der Waals surface area contributed by atoms with Crippen LogP contribution in [0.2, 0.25) is 0 Å². The monoisotopic (exact) mass is 447 g/mol. The average Bonchev–Trinajstić information content (AvgIpc) is 3.41. The second-order valence-electron chi connectivity index (χ2n) is 8.00. The lowest BCUT2D eigenvalue weighted by molar-refractivity contribution is 0.0640. The van der Waals surface area contributed by atoms with E-state index in [4.69, 9.17) is 0 Å². The molecule has 2 aromatic carbocycles. The number of benzene rings is 2. The van der Waals surface area contributed by atoms with Gasteiger partial charge in [0, 0.05) is 19.3 Å². The van der Waals surface area contributed by atoms with Gasteiger partial charge < -0.3 is 0 Å². The van der Waals surface area contributed by atoms with Gasteiger partial charge in [-0.25, -0.2) is 8.42 Å². The van der Waals surface area contributed by atoms with Crippen LogP contribution in [0.4, 0.5) is 0 Å². The zero-order valence-electron chi connectivity index (χ0n) is 17.2. The molecule has 5 rings (SSSR count). The van der Waals surface area contributed by atoms with E-state index in [2.05, 4.69) is 4.98 Å². The Bertz CT molecular complexity index is 1260. The van der Waals surface area contributed by atoms with Gasteiger partial charge >= 0.3 is 0 Å². The van der Waals surface area contributed by atoms with Crippen LogP contribution in [0.15, 0.2) is 77.8 Å². The van der Waals surface area contributed by atoms with E-state index in [0.29, 0.717) is 24.2 Å². The first kappa shape index (κ1) is 20.5. The number of nitrogens with zero attached hydrogens (tertiary/aromatic N) is 3. The lowest BCUT2D eigenvalue weighted by atomic mass is 9.99. The van der Waals surface area contributed by atoms with Crippen LogP contribution in [0.5, 0.6) is 0 Å². The highest BCUT2D eigenvalue weighted by Gasteiger charge is 2.37. The average molecular weight is 448 g/mol. The lowest BCUT2D eigenvalue weighted by Crippen LogP contribution is -2.30. The van der Waals surface area contributed by atoms with E-state index in [1.54, 1.807) is 24.3 Å². The number of sulfonamides is 1. The maximum absolute atomic E-state index is 13.1. The summed E-state index contributed by atoms with van der Waals surface area (Å²) in [5, 5.41) is 0. The van der Waals surface area contributed by atoms with Crippen molar-refractivity contribution in [2.45, 2.75) is 23.8 Å². The van der Waals surface area contributed by atoms with Gasteiger partial charge in [-0.3, -0.25) is 19.5 Å². The third-order valence-corrected chi connectivity index (χ3v) is 7.93. The van der Waals surface area contributed by atoms with Crippen molar-refractivity contribution in [1.29, 1.82) is 0 Å². The normalized spacial score (nSPS) is 18.9. The molecule has 2 aliphatic heterocycles. The van der Waals surface area contributed by atoms with Crippen molar-refractivity contribution >= 4 is 21.8 Å². The van der Waals surface area contributed by atoms with Gasteiger partial charge in [-0.15, -0.1) is 0 Å². The van der Waals surface area contributed by atoms with Crippen molar-refractivity contribution in [3.63, 3.8) is 0 Å². The van der Waals surface area contributed by atoms with Gasteiger partial charge in [0.1, 0.15) is 5.69 Å². The summed E-state index contributed by atoms with van der Waals surface area (Å²) in [5.74, 6) is -0.641. The molecule has 0 aliphatic carbocycles. The number of fused-ring (bicyclic) bond motifs is 1. The molecule has 7 nitrogen and oxygen atoms in total. The molecule has 2 amide bonds. The maximum Gasteiger partial charge on any atom is 0.280 e. The molecule has 0 radical (unpaired) electrons. The first-order valence-corrected chi connectivity index (χ1v) is 11.8. The molecule has 3 aromatic rings. The molecule has 0 bridgehead atoms. The molecule has 8 heteroatoms. The van der Waals surface area contributed by atoms with Crippen LogP contribution in [0.3, 0.4) is 0 Å². The van der Waals surface area contributed by atoms with Crippen molar-refractivity contribution < 1.29 is 18.0 Å². The largest absolute Gasteiger partial charge is 0.280 e. The van der Waals surface area contributed by atoms with Crippen LogP contribution >= 0.6 is 0 Å². The Kier molecular flexibility index (Phi) is 5.11. The second kappa shape index (κ2) is 7.96. The van der Waals surface area contributed by atoms with Gasteiger partial charge in [-0.05, 0) is 47.7 Å². The Balaban J connectivity index is 1.30. The molecule has 2 aliphatic rings. The third kappa shape index (κ3) is 3.51. The van der Waals surface area contributed by atoms with Crippen LogP contribution < -0.4 is 0 Å². The number of pyridine rings is 1. The molecule has 0 saturated carbocycles. The fourth-order valence-corrected chi connectivity index (χ4v) is 5.80. The topological polar surface area (TPSA) is 87.6 Å². The summed E-state index contributed by atoms with van der Waals surface area (Å²) >= 11 is 0. The Morgan fingerprint density at radius 1 is 0.906 bits per heavy atom. The molecule has 1 unspecified atom stereocenters. The van der Waals surface area contributed by atoms with Crippen molar-refractivity contribution in [2.24, 2.45) is 0 Å². The number of imide groups is 1. The molecule has 1 saturated heterocycles. The van der Waals surface area contributed by atoms with Crippen LogP contribution in [-0.2, 0) is 16.6 Å². The number of rotatable bonds is 5. The van der Waals surface area contributed by atoms with Crippen LogP contribution in [-0.4, -0.2) is 47.5 Å². The Morgan fingerprint density at radius 2 is 1.66 bits per heavy atom. The fourth-order valence-electron chi connectivity index (χ4n) is 4.30. The summed E-state index contributed by atoms with van der Waals surface area (Å²) in [6, 6.07) is 19.5. The SMILES string of the molecule is O=C1c2cccnc2C(=O)N1Cc1ccc(S(=O)(=O)N2CCC(c3ccccc3)C2)cc1. The second-order valence-corrected chi connectivity index (χ2v) is 9.94. The Morgan fingerprint density at radius 3 is 2.38 bits per heavy atom. The standard InChI is InChI=1S/C24H21N3O4S/c28-23-21-7-4-13-25-22(21)24(29)27(23)15-17-8-10-20(11-9-17)32(30,31)26-14-12-19(16-26)18-5-2-1-3-6-18/h1-11,13,19H,12,14-16H2. The zero-order chi connectivity index (χ0) is 22.3. The molecule has 0 N–H and O–H groups in total. The predicted octanol–water partition coefficient (Wildman–Crippen LogP) is 3.06. The molecular formula is C24H21N3O4S. The smallest absolute Gasteiger partial charge is 0.268 e. The van der Waals surface area contributed by atoms with E-state index in [-0.39, 0.29) is 29.0 Å². The summed E-state index contributed by atoms with van der Waals surface area (Å²) in [5.41, 5.74) is 2.26. The molecular weight excluding hydrogens is 426 g/mol. The highest BCUT2D eigenvalue weighted by molar-refractivity contribution is 7.89. The minimum Gasteiger partial charge on any atom is -0.268 e. The highest BCUT2D eigenvalue weighted by atomic mass is 32.2. The maximum atomic E-state index is 13.1. The van der Waals surface area contributed by atoms with E-state index in [9.17, 15) is 18.0 Å². The third-order valence-electron chi connectivity index (χ3n) is 6.05. The Hall–Kier alpha value is -3.36. The van der Waals surface area contributed by atoms with Crippen LogP contribution in [0, 0.1) is 0 Å². The molecule has 1 fully saturated rings. The zero-order valence-corrected chi connectivity index (χ0v) is 18.0. The van der Waals surface area contributed by atoms with Crippen molar-refractivity contribution in [3.05, 3.63) is 95.3 Å². The van der Waals surface area contributed by atoms with Crippen molar-refractivity contribution in [1.82, 2.24) is 14.2 Å². The summed E-state index contributed by atoms with van der Waals surface area (Å²) in [7, 11) is -3.61. The van der Waals surface area contributed by atoms with E-state index in [0.717, 1.165) is 16.9 Å². The highest BCUT2D eigenvalue weighted by Crippen LogP contribution is 2.31. The Labute approximate surface area is 186 Å². The quantitative estimate of drug-likeness (QED) is 0.561. The van der Waals surface area contributed by atoms with E-state index in [1.165, 1.54) is 22.6 Å². The molecule has 32 heavy (non-hydrogen) atoms. The number of carbonyl (C=O) groups is 2. The van der Waals surface area contributed by atoms with Gasteiger partial charge in [0.15, 0.2) is 0 Å². The van der Waals surface area contributed by atoms with E-state index < -0.39 is 15.9 Å². The molecule has 0 spiro atoms. The lowest BCUT2D eigenvalue weighted by Gasteiger charge is -2.18. The van der Waals surface area contributed by atoms with Gasteiger partial charge in [0.25, 0.3) is 11.8 Å². The van der Waals surface area contributed by atoms with Gasteiger partial charge in [0.05, 0.1) is 17.0 Å². The number of amides is 2. The van der Waals surface area contributed by atoms with Gasteiger partial charge in [0.2, 0.25) is 10.0 Å². The number of aromatic nitrogens is 1. The molecule has 162 valence electrons. The number of carbonyl (C=O) groups excluding carboxylic acids is 2. The van der Waals surface area contributed by atoms with E-state index >= 15 is 0 Å². The first-order valence-electron chi connectivity index (χ1n) is 10.4. The van der Waals surface area contributed by atoms with Crippen molar-refractivity contribution in [2.75, 3.05) is 13.1 Å².